The van der Waals surface area contributed by atoms with Gasteiger partial charge in [-0.25, -0.2) is 0 Å². The van der Waals surface area contributed by atoms with Gasteiger partial charge in [0.15, 0.2) is 0 Å². The molecule has 1 aromatic heterocycles. The molecule has 0 fully saturated rings. The number of carbonyl (C=O) groups is 2. The summed E-state index contributed by atoms with van der Waals surface area (Å²) in [6.07, 6.45) is 4.08. The summed E-state index contributed by atoms with van der Waals surface area (Å²) in [5.74, 6) is -0.165. The maximum absolute atomic E-state index is 12.8. The van der Waals surface area contributed by atoms with Crippen molar-refractivity contribution in [1.29, 1.82) is 0 Å². The molecule has 0 saturated heterocycles. The normalized spacial score (nSPS) is 12.5. The van der Waals surface area contributed by atoms with Crippen LogP contribution in [0.4, 0.5) is 5.69 Å². The molecule has 2 amide bonds. The van der Waals surface area contributed by atoms with Crippen molar-refractivity contribution in [3.05, 3.63) is 95.3 Å². The molecule has 5 nitrogen and oxygen atoms in total. The van der Waals surface area contributed by atoms with Gasteiger partial charge < -0.3 is 10.2 Å². The van der Waals surface area contributed by atoms with E-state index in [-0.39, 0.29) is 11.8 Å². The third-order valence-corrected chi connectivity index (χ3v) is 4.74. The molecule has 5 heteroatoms. The molecule has 2 heterocycles. The van der Waals surface area contributed by atoms with Crippen molar-refractivity contribution in [1.82, 2.24) is 10.3 Å². The van der Waals surface area contributed by atoms with Gasteiger partial charge >= 0.3 is 0 Å². The van der Waals surface area contributed by atoms with E-state index >= 15 is 0 Å². The van der Waals surface area contributed by atoms with Crippen LogP contribution in [-0.2, 0) is 13.0 Å². The number of rotatable bonds is 4. The van der Waals surface area contributed by atoms with Crippen molar-refractivity contribution in [2.24, 2.45) is 0 Å². The highest BCUT2D eigenvalue weighted by molar-refractivity contribution is 6.08. The lowest BCUT2D eigenvalue weighted by Crippen LogP contribution is -2.28. The molecule has 3 aromatic rings. The number of hydrogen-bond acceptors (Lipinski definition) is 3. The fraction of sp³-hybridized carbons (Fsp3) is 0.136. The van der Waals surface area contributed by atoms with Crippen LogP contribution in [-0.4, -0.2) is 23.3 Å². The molecule has 0 unspecified atom stereocenters. The maximum Gasteiger partial charge on any atom is 0.258 e. The number of nitrogens with zero attached hydrogens (tertiary/aromatic N) is 2. The molecule has 0 aliphatic carbocycles. The second kappa shape index (κ2) is 7.41. The number of hydrogen-bond donors (Lipinski definition) is 1. The zero-order valence-corrected chi connectivity index (χ0v) is 14.8. The van der Waals surface area contributed by atoms with Crippen molar-refractivity contribution in [3.8, 4) is 0 Å². The molecule has 1 aliphatic heterocycles. The summed E-state index contributed by atoms with van der Waals surface area (Å²) in [7, 11) is 0. The zero-order valence-electron chi connectivity index (χ0n) is 14.8. The number of anilines is 1. The van der Waals surface area contributed by atoms with Crippen molar-refractivity contribution in [2.75, 3.05) is 11.4 Å². The molecular weight excluding hydrogens is 338 g/mol. The number of amides is 2. The van der Waals surface area contributed by atoms with E-state index in [9.17, 15) is 9.59 Å². The first-order valence-corrected chi connectivity index (χ1v) is 8.90. The van der Waals surface area contributed by atoms with Crippen molar-refractivity contribution in [2.45, 2.75) is 13.0 Å². The van der Waals surface area contributed by atoms with Crippen LogP contribution in [0.25, 0.3) is 0 Å². The molecule has 4 rings (SSSR count). The molecule has 1 N–H and O–H groups in total. The number of nitrogens with one attached hydrogen (secondary N) is 1. The maximum atomic E-state index is 12.8. The second-order valence-electron chi connectivity index (χ2n) is 6.41. The fourth-order valence-electron chi connectivity index (χ4n) is 3.37. The van der Waals surface area contributed by atoms with E-state index in [2.05, 4.69) is 10.3 Å². The van der Waals surface area contributed by atoms with Crippen LogP contribution >= 0.6 is 0 Å². The van der Waals surface area contributed by atoms with Crippen LogP contribution in [0.2, 0.25) is 0 Å². The van der Waals surface area contributed by atoms with Gasteiger partial charge in [-0.3, -0.25) is 14.6 Å². The third-order valence-electron chi connectivity index (χ3n) is 4.74. The lowest BCUT2D eigenvalue weighted by atomic mass is 10.0. The van der Waals surface area contributed by atoms with Gasteiger partial charge in [0.05, 0.1) is 0 Å². The number of aromatic nitrogens is 1. The van der Waals surface area contributed by atoms with Crippen LogP contribution < -0.4 is 10.2 Å². The van der Waals surface area contributed by atoms with Gasteiger partial charge in [-0.05, 0) is 53.9 Å². The summed E-state index contributed by atoms with van der Waals surface area (Å²) in [6.45, 7) is 1.02. The van der Waals surface area contributed by atoms with Crippen molar-refractivity contribution in [3.63, 3.8) is 0 Å². The van der Waals surface area contributed by atoms with Crippen LogP contribution in [0.5, 0.6) is 0 Å². The van der Waals surface area contributed by atoms with Gasteiger partial charge in [0.25, 0.3) is 11.8 Å². The van der Waals surface area contributed by atoms with E-state index in [1.54, 1.807) is 17.3 Å². The Balaban J connectivity index is 1.55. The molecule has 2 aromatic carbocycles. The van der Waals surface area contributed by atoms with Gasteiger partial charge in [-0.2, -0.15) is 0 Å². The Labute approximate surface area is 157 Å². The Morgan fingerprint density at radius 2 is 1.74 bits per heavy atom. The van der Waals surface area contributed by atoms with Gasteiger partial charge in [0, 0.05) is 42.3 Å². The Hall–Kier alpha value is -3.47. The van der Waals surface area contributed by atoms with Crippen molar-refractivity contribution >= 4 is 17.5 Å². The van der Waals surface area contributed by atoms with Crippen LogP contribution in [0, 0.1) is 0 Å². The average Bonchev–Trinajstić information content (AvgIpc) is 3.17. The molecule has 0 spiro atoms. The number of benzene rings is 2. The third kappa shape index (κ3) is 3.44. The average molecular weight is 357 g/mol. The second-order valence-corrected chi connectivity index (χ2v) is 6.41. The number of fused-ring (bicyclic) bond motifs is 1. The topological polar surface area (TPSA) is 62.3 Å². The molecule has 27 heavy (non-hydrogen) atoms. The summed E-state index contributed by atoms with van der Waals surface area (Å²) in [5.41, 5.74) is 4.02. The zero-order chi connectivity index (χ0) is 18.6. The summed E-state index contributed by atoms with van der Waals surface area (Å²) >= 11 is 0. The minimum absolute atomic E-state index is 0.0382. The highest BCUT2D eigenvalue weighted by Gasteiger charge is 2.28. The monoisotopic (exact) mass is 357 g/mol. The lowest BCUT2D eigenvalue weighted by Gasteiger charge is -2.18. The Kier molecular flexibility index (Phi) is 4.66. The molecule has 0 radical (unpaired) electrons. The van der Waals surface area contributed by atoms with E-state index in [0.717, 1.165) is 16.8 Å². The Morgan fingerprint density at radius 1 is 0.963 bits per heavy atom. The first kappa shape index (κ1) is 17.0. The highest BCUT2D eigenvalue weighted by Crippen LogP contribution is 2.32. The Morgan fingerprint density at radius 3 is 2.52 bits per heavy atom. The molecular formula is C22H19N3O2. The summed E-state index contributed by atoms with van der Waals surface area (Å²) in [5, 5.41) is 2.95. The first-order valence-electron chi connectivity index (χ1n) is 8.90. The summed E-state index contributed by atoms with van der Waals surface area (Å²) in [6, 6.07) is 18.5. The molecule has 0 bridgehead atoms. The fourth-order valence-corrected chi connectivity index (χ4v) is 3.37. The Bertz CT molecular complexity index is 971. The summed E-state index contributed by atoms with van der Waals surface area (Å²) in [4.78, 5) is 31.2. The number of carbonyl (C=O) groups excluding carboxylic acids is 2. The molecule has 1 aliphatic rings. The molecule has 0 atom stereocenters. The number of pyridine rings is 1. The van der Waals surface area contributed by atoms with Crippen LogP contribution in [0.1, 0.15) is 31.8 Å². The SMILES string of the molecule is O=C(NCc1ccncc1)c1cccc2c1CCN2C(=O)c1ccccc1. The minimum atomic E-state index is -0.127. The van der Waals surface area contributed by atoms with Gasteiger partial charge in [-0.15, -0.1) is 0 Å². The largest absolute Gasteiger partial charge is 0.348 e. The van der Waals surface area contributed by atoms with Gasteiger partial charge in [-0.1, -0.05) is 24.3 Å². The van der Waals surface area contributed by atoms with E-state index in [1.165, 1.54) is 0 Å². The summed E-state index contributed by atoms with van der Waals surface area (Å²) < 4.78 is 0. The van der Waals surface area contributed by atoms with E-state index < -0.39 is 0 Å². The quantitative estimate of drug-likeness (QED) is 0.780. The minimum Gasteiger partial charge on any atom is -0.348 e. The lowest BCUT2D eigenvalue weighted by molar-refractivity contribution is 0.0948. The smallest absolute Gasteiger partial charge is 0.258 e. The first-order chi connectivity index (χ1) is 13.2. The molecule has 0 saturated carbocycles. The standard InChI is InChI=1S/C22H19N3O2/c26-21(24-15-16-9-12-23-13-10-16)19-7-4-8-20-18(19)11-14-25(20)22(27)17-5-2-1-3-6-17/h1-10,12-13H,11,14-15H2,(H,24,26). The van der Waals surface area contributed by atoms with Crippen LogP contribution in [0.15, 0.2) is 73.1 Å². The van der Waals surface area contributed by atoms with Gasteiger partial charge in [0.2, 0.25) is 0 Å². The van der Waals surface area contributed by atoms with Gasteiger partial charge in [0.1, 0.15) is 0 Å². The molecule has 134 valence electrons. The van der Waals surface area contributed by atoms with Crippen molar-refractivity contribution < 1.29 is 9.59 Å². The van der Waals surface area contributed by atoms with E-state index in [0.29, 0.717) is 30.6 Å². The highest BCUT2D eigenvalue weighted by atomic mass is 16.2. The van der Waals surface area contributed by atoms with E-state index in [4.69, 9.17) is 0 Å². The van der Waals surface area contributed by atoms with E-state index in [1.807, 2.05) is 60.7 Å². The predicted octanol–water partition coefficient (Wildman–Crippen LogP) is 3.21. The van der Waals surface area contributed by atoms with Crippen LogP contribution in [0.3, 0.4) is 0 Å². The predicted molar refractivity (Wildman–Crippen MR) is 104 cm³/mol.